The Labute approximate surface area is 155 Å². The van der Waals surface area contributed by atoms with Gasteiger partial charge >= 0.3 is 0 Å². The Kier molecular flexibility index (Phi) is 9.14. The lowest BCUT2D eigenvalue weighted by atomic mass is 10.3. The summed E-state index contributed by atoms with van der Waals surface area (Å²) in [5.74, 6) is 0. The van der Waals surface area contributed by atoms with Gasteiger partial charge in [0.05, 0.1) is 72.3 Å². The molecule has 0 amide bonds. The summed E-state index contributed by atoms with van der Waals surface area (Å²) >= 11 is 0. The summed E-state index contributed by atoms with van der Waals surface area (Å²) in [6.45, 7) is 19.2. The molecule has 2 heterocycles. The quantitative estimate of drug-likeness (QED) is 0.374. The topological polar surface area (TPSA) is 27.7 Å². The Morgan fingerprint density at radius 2 is 1.28 bits per heavy atom. The molecule has 0 saturated carbocycles. The molecule has 1 unspecified atom stereocenters. The van der Waals surface area contributed by atoms with E-state index in [1.165, 1.54) is 69.4 Å². The molecule has 0 aliphatic carbocycles. The first kappa shape index (κ1) is 21.1. The molecule has 1 atom stereocenters. The maximum atomic E-state index is 6.05. The minimum Gasteiger partial charge on any atom is -0.377 e. The van der Waals surface area contributed by atoms with Gasteiger partial charge in [-0.3, -0.25) is 4.48 Å². The summed E-state index contributed by atoms with van der Waals surface area (Å²) in [6.07, 6.45) is 5.74. The van der Waals surface area contributed by atoms with Crippen LogP contribution in [0.3, 0.4) is 0 Å². The zero-order valence-corrected chi connectivity index (χ0v) is 17.0. The van der Waals surface area contributed by atoms with Gasteiger partial charge < -0.3 is 18.7 Å². The standard InChI is InChI=1S/C20H42N2O3/c1-4-21(10-6-7-11-21)14-15-23-16-17-24-18-19-25-20(3)22(5-2)12-8-9-13-22/h20H,4-19H2,1-3H3/q+2. The van der Waals surface area contributed by atoms with Gasteiger partial charge in [-0.25, -0.2) is 0 Å². The van der Waals surface area contributed by atoms with Gasteiger partial charge in [0.2, 0.25) is 0 Å². The van der Waals surface area contributed by atoms with Crippen LogP contribution in [0.25, 0.3) is 0 Å². The molecular weight excluding hydrogens is 316 g/mol. The lowest BCUT2D eigenvalue weighted by Crippen LogP contribution is -2.53. The van der Waals surface area contributed by atoms with Crippen LogP contribution >= 0.6 is 0 Å². The number of quaternary nitrogens is 2. The van der Waals surface area contributed by atoms with Crippen LogP contribution in [0.2, 0.25) is 0 Å². The van der Waals surface area contributed by atoms with Gasteiger partial charge in [0.1, 0.15) is 6.54 Å². The van der Waals surface area contributed by atoms with E-state index in [4.69, 9.17) is 14.2 Å². The van der Waals surface area contributed by atoms with Gasteiger partial charge in [0.15, 0.2) is 6.23 Å². The fraction of sp³-hybridized carbons (Fsp3) is 1.00. The minimum atomic E-state index is 0.293. The maximum Gasteiger partial charge on any atom is 0.190 e. The average Bonchev–Trinajstić information content (AvgIpc) is 3.30. The highest BCUT2D eigenvalue weighted by Crippen LogP contribution is 2.23. The first-order valence-electron chi connectivity index (χ1n) is 10.6. The molecule has 148 valence electrons. The zero-order valence-electron chi connectivity index (χ0n) is 17.0. The summed E-state index contributed by atoms with van der Waals surface area (Å²) in [4.78, 5) is 0. The molecule has 0 bridgehead atoms. The maximum absolute atomic E-state index is 6.05. The molecule has 2 saturated heterocycles. The van der Waals surface area contributed by atoms with E-state index < -0.39 is 0 Å². The number of hydrogen-bond acceptors (Lipinski definition) is 3. The largest absolute Gasteiger partial charge is 0.377 e. The summed E-state index contributed by atoms with van der Waals surface area (Å²) < 4.78 is 19.9. The molecule has 2 aliphatic rings. The normalized spacial score (nSPS) is 23.2. The van der Waals surface area contributed by atoms with Crippen LogP contribution in [-0.2, 0) is 14.2 Å². The number of ether oxygens (including phenoxy) is 3. The first-order valence-corrected chi connectivity index (χ1v) is 10.6. The molecule has 5 heteroatoms. The SMILES string of the molecule is CC[N+]1(CCOCCOCCOC(C)[N+]2(CC)CCCC2)CCCC1. The number of nitrogens with zero attached hydrogens (tertiary/aromatic N) is 2. The molecule has 2 fully saturated rings. The highest BCUT2D eigenvalue weighted by atomic mass is 16.6. The molecule has 2 rings (SSSR count). The van der Waals surface area contributed by atoms with E-state index >= 15 is 0 Å². The number of likely N-dealkylation sites (N-methyl/N-ethyl adjacent to an activating group) is 1. The third-order valence-corrected chi connectivity index (χ3v) is 6.71. The molecule has 0 spiro atoms. The monoisotopic (exact) mass is 358 g/mol. The third-order valence-electron chi connectivity index (χ3n) is 6.71. The van der Waals surface area contributed by atoms with Crippen molar-refractivity contribution in [3.8, 4) is 0 Å². The Balaban J connectivity index is 1.44. The smallest absolute Gasteiger partial charge is 0.190 e. The molecule has 0 aromatic heterocycles. The van der Waals surface area contributed by atoms with Crippen molar-refractivity contribution in [2.45, 2.75) is 52.7 Å². The molecule has 0 N–H and O–H groups in total. The van der Waals surface area contributed by atoms with Gasteiger partial charge in [-0.1, -0.05) is 0 Å². The van der Waals surface area contributed by atoms with Gasteiger partial charge in [-0.2, -0.15) is 0 Å². The van der Waals surface area contributed by atoms with Gasteiger partial charge in [-0.05, 0) is 13.8 Å². The van der Waals surface area contributed by atoms with Crippen molar-refractivity contribution in [2.75, 3.05) is 78.8 Å². The van der Waals surface area contributed by atoms with E-state index in [1.54, 1.807) is 0 Å². The van der Waals surface area contributed by atoms with Crippen molar-refractivity contribution in [1.82, 2.24) is 0 Å². The Morgan fingerprint density at radius 3 is 1.88 bits per heavy atom. The van der Waals surface area contributed by atoms with E-state index in [0.29, 0.717) is 32.7 Å². The lowest BCUT2D eigenvalue weighted by molar-refractivity contribution is -0.958. The van der Waals surface area contributed by atoms with Gasteiger partial charge in [-0.15, -0.1) is 0 Å². The van der Waals surface area contributed by atoms with Crippen molar-refractivity contribution >= 4 is 0 Å². The molecule has 0 aromatic rings. The number of hydrogen-bond donors (Lipinski definition) is 0. The summed E-state index contributed by atoms with van der Waals surface area (Å²) in [5.41, 5.74) is 0. The Morgan fingerprint density at radius 1 is 0.720 bits per heavy atom. The fourth-order valence-electron chi connectivity index (χ4n) is 4.62. The lowest BCUT2D eigenvalue weighted by Gasteiger charge is -2.38. The van der Waals surface area contributed by atoms with Crippen LogP contribution < -0.4 is 0 Å². The van der Waals surface area contributed by atoms with E-state index in [2.05, 4.69) is 20.8 Å². The zero-order chi connectivity index (χ0) is 18.0. The summed E-state index contributed by atoms with van der Waals surface area (Å²) in [6, 6.07) is 0. The highest BCUT2D eigenvalue weighted by molar-refractivity contribution is 4.55. The van der Waals surface area contributed by atoms with E-state index in [1.807, 2.05) is 0 Å². The number of rotatable bonds is 13. The molecule has 0 aromatic carbocycles. The Hall–Kier alpha value is -0.200. The molecule has 2 aliphatic heterocycles. The van der Waals surface area contributed by atoms with Crippen molar-refractivity contribution in [2.24, 2.45) is 0 Å². The van der Waals surface area contributed by atoms with Crippen molar-refractivity contribution < 1.29 is 23.2 Å². The van der Waals surface area contributed by atoms with Crippen LogP contribution in [0.4, 0.5) is 0 Å². The third kappa shape index (κ3) is 6.17. The Bertz CT molecular complexity index is 353. The highest BCUT2D eigenvalue weighted by Gasteiger charge is 2.36. The van der Waals surface area contributed by atoms with Crippen molar-refractivity contribution in [1.29, 1.82) is 0 Å². The number of likely N-dealkylation sites (tertiary alicyclic amines) is 2. The van der Waals surface area contributed by atoms with Crippen LogP contribution in [0.15, 0.2) is 0 Å². The fourth-order valence-corrected chi connectivity index (χ4v) is 4.62. The van der Waals surface area contributed by atoms with E-state index in [9.17, 15) is 0 Å². The molecular formula is C20H42N2O3+2. The van der Waals surface area contributed by atoms with Crippen molar-refractivity contribution in [3.05, 3.63) is 0 Å². The van der Waals surface area contributed by atoms with Crippen LogP contribution in [-0.4, -0.2) is 94.0 Å². The van der Waals surface area contributed by atoms with Crippen LogP contribution in [0, 0.1) is 0 Å². The minimum absolute atomic E-state index is 0.293. The summed E-state index contributed by atoms with van der Waals surface area (Å²) in [7, 11) is 0. The van der Waals surface area contributed by atoms with E-state index in [-0.39, 0.29) is 0 Å². The van der Waals surface area contributed by atoms with Crippen molar-refractivity contribution in [3.63, 3.8) is 0 Å². The van der Waals surface area contributed by atoms with Gasteiger partial charge in [0.25, 0.3) is 0 Å². The second-order valence-corrected chi connectivity index (χ2v) is 7.92. The van der Waals surface area contributed by atoms with Crippen LogP contribution in [0.5, 0.6) is 0 Å². The van der Waals surface area contributed by atoms with Crippen LogP contribution in [0.1, 0.15) is 46.5 Å². The predicted octanol–water partition coefficient (Wildman–Crippen LogP) is 2.64. The molecule has 25 heavy (non-hydrogen) atoms. The second-order valence-electron chi connectivity index (χ2n) is 7.92. The first-order chi connectivity index (χ1) is 12.2. The van der Waals surface area contributed by atoms with E-state index in [0.717, 1.165) is 17.6 Å². The average molecular weight is 359 g/mol. The summed E-state index contributed by atoms with van der Waals surface area (Å²) in [5, 5.41) is 0. The van der Waals surface area contributed by atoms with Gasteiger partial charge in [0, 0.05) is 32.6 Å². The molecule has 5 nitrogen and oxygen atoms in total. The second kappa shape index (κ2) is 10.8. The predicted molar refractivity (Wildman–Crippen MR) is 101 cm³/mol. The molecule has 0 radical (unpaired) electrons.